The number of sulfone groups is 1. The zero-order chi connectivity index (χ0) is 18.4. The first kappa shape index (κ1) is 18.6. The van der Waals surface area contributed by atoms with E-state index in [-0.39, 0.29) is 5.69 Å². The van der Waals surface area contributed by atoms with E-state index in [1.54, 1.807) is 24.3 Å². The number of halogens is 1. The predicted molar refractivity (Wildman–Crippen MR) is 93.5 cm³/mol. The second-order valence-electron chi connectivity index (χ2n) is 5.50. The monoisotopic (exact) mass is 364 g/mol. The summed E-state index contributed by atoms with van der Waals surface area (Å²) >= 11 is 0. The Balaban J connectivity index is 1.89. The highest BCUT2D eigenvalue weighted by Gasteiger charge is 2.21. The highest BCUT2D eigenvalue weighted by atomic mass is 32.2. The number of rotatable bonds is 6. The van der Waals surface area contributed by atoms with Gasteiger partial charge in [-0.15, -0.1) is 0 Å². The second-order valence-corrected chi connectivity index (χ2v) is 7.57. The van der Waals surface area contributed by atoms with Crippen molar-refractivity contribution < 1.29 is 22.4 Å². The number of benzene rings is 2. The van der Waals surface area contributed by atoms with Gasteiger partial charge in [0.2, 0.25) is 11.8 Å². The molecular formula is C17H17FN2O4S. The molecule has 0 spiro atoms. The van der Waals surface area contributed by atoms with E-state index in [2.05, 4.69) is 10.6 Å². The molecule has 0 unspecified atom stereocenters. The molecule has 0 atom stereocenters. The number of hydrogen-bond donors (Lipinski definition) is 2. The van der Waals surface area contributed by atoms with Crippen LogP contribution in [0.15, 0.2) is 48.5 Å². The Morgan fingerprint density at radius 1 is 0.840 bits per heavy atom. The normalized spacial score (nSPS) is 11.0. The van der Waals surface area contributed by atoms with Gasteiger partial charge in [0.05, 0.1) is 0 Å². The number of carbonyl (C=O) groups excluding carboxylic acids is 2. The maximum Gasteiger partial charge on any atom is 0.239 e. The molecule has 6 nitrogen and oxygen atoms in total. The second kappa shape index (κ2) is 7.89. The fraction of sp³-hybridized carbons (Fsp3) is 0.176. The van der Waals surface area contributed by atoms with E-state index in [0.29, 0.717) is 5.69 Å². The fourth-order valence-corrected chi connectivity index (χ4v) is 3.06. The first-order valence-electron chi connectivity index (χ1n) is 7.36. The lowest BCUT2D eigenvalue weighted by molar-refractivity contribution is -0.114. The third kappa shape index (κ3) is 6.34. The van der Waals surface area contributed by atoms with Crippen LogP contribution in [-0.2, 0) is 19.4 Å². The Bertz CT molecular complexity index is 795. The van der Waals surface area contributed by atoms with Crippen molar-refractivity contribution in [3.63, 3.8) is 0 Å². The number of carbonyl (C=O) groups is 2. The molecule has 25 heavy (non-hydrogen) atoms. The van der Waals surface area contributed by atoms with E-state index in [1.165, 1.54) is 12.1 Å². The van der Waals surface area contributed by atoms with E-state index in [9.17, 15) is 22.4 Å². The Hall–Kier alpha value is -2.74. The lowest BCUT2D eigenvalue weighted by Crippen LogP contribution is -2.30. The molecule has 132 valence electrons. The lowest BCUT2D eigenvalue weighted by atomic mass is 10.2. The van der Waals surface area contributed by atoms with Crippen LogP contribution in [0.2, 0.25) is 0 Å². The molecule has 2 amide bonds. The van der Waals surface area contributed by atoms with E-state index in [0.717, 1.165) is 17.7 Å². The van der Waals surface area contributed by atoms with Gasteiger partial charge in [-0.05, 0) is 43.3 Å². The topological polar surface area (TPSA) is 92.3 Å². The Morgan fingerprint density at radius 2 is 1.24 bits per heavy atom. The molecule has 0 saturated carbocycles. The van der Waals surface area contributed by atoms with Crippen molar-refractivity contribution in [1.82, 2.24) is 0 Å². The maximum atomic E-state index is 12.8. The molecular weight excluding hydrogens is 347 g/mol. The molecule has 0 aliphatic rings. The zero-order valence-electron chi connectivity index (χ0n) is 13.5. The fourth-order valence-electron chi connectivity index (χ4n) is 2.01. The largest absolute Gasteiger partial charge is 0.325 e. The van der Waals surface area contributed by atoms with Crippen LogP contribution < -0.4 is 10.6 Å². The summed E-state index contributed by atoms with van der Waals surface area (Å²) in [5.41, 5.74) is 1.75. The summed E-state index contributed by atoms with van der Waals surface area (Å²) in [4.78, 5) is 23.6. The maximum absolute atomic E-state index is 12.8. The summed E-state index contributed by atoms with van der Waals surface area (Å²) in [5.74, 6) is -3.64. The molecule has 0 bridgehead atoms. The van der Waals surface area contributed by atoms with Crippen LogP contribution in [0.3, 0.4) is 0 Å². The van der Waals surface area contributed by atoms with Gasteiger partial charge in [-0.3, -0.25) is 9.59 Å². The number of nitrogens with one attached hydrogen (secondary N) is 2. The molecule has 0 radical (unpaired) electrons. The van der Waals surface area contributed by atoms with Gasteiger partial charge in [0.1, 0.15) is 17.3 Å². The van der Waals surface area contributed by atoms with Crippen LogP contribution in [-0.4, -0.2) is 31.7 Å². The summed E-state index contributed by atoms with van der Waals surface area (Å²) in [6.45, 7) is 1.88. The first-order valence-corrected chi connectivity index (χ1v) is 9.18. The zero-order valence-corrected chi connectivity index (χ0v) is 14.3. The minimum atomic E-state index is -3.93. The molecule has 0 aliphatic heterocycles. The molecule has 0 fully saturated rings. The van der Waals surface area contributed by atoms with Crippen molar-refractivity contribution in [1.29, 1.82) is 0 Å². The Morgan fingerprint density at radius 3 is 1.68 bits per heavy atom. The molecule has 2 N–H and O–H groups in total. The highest BCUT2D eigenvalue weighted by Crippen LogP contribution is 2.10. The van der Waals surface area contributed by atoms with Gasteiger partial charge < -0.3 is 10.6 Å². The van der Waals surface area contributed by atoms with E-state index < -0.39 is 39.0 Å². The van der Waals surface area contributed by atoms with Crippen LogP contribution in [0.1, 0.15) is 5.56 Å². The minimum Gasteiger partial charge on any atom is -0.325 e. The molecule has 2 aromatic rings. The van der Waals surface area contributed by atoms with Gasteiger partial charge in [0.15, 0.2) is 9.84 Å². The number of aryl methyl sites for hydroxylation is 1. The van der Waals surface area contributed by atoms with Crippen molar-refractivity contribution >= 4 is 33.0 Å². The van der Waals surface area contributed by atoms with Crippen LogP contribution in [0.25, 0.3) is 0 Å². The number of hydrogen-bond acceptors (Lipinski definition) is 4. The molecule has 2 aromatic carbocycles. The average molecular weight is 364 g/mol. The SMILES string of the molecule is Cc1ccc(NC(=O)CS(=O)(=O)CC(=O)Nc2ccc(F)cc2)cc1. The molecule has 0 aromatic heterocycles. The smallest absolute Gasteiger partial charge is 0.239 e. The van der Waals surface area contributed by atoms with E-state index in [1.807, 2.05) is 6.92 Å². The first-order chi connectivity index (χ1) is 11.7. The van der Waals surface area contributed by atoms with Crippen LogP contribution in [0.5, 0.6) is 0 Å². The summed E-state index contributed by atoms with van der Waals surface area (Å²) in [6.07, 6.45) is 0. The van der Waals surface area contributed by atoms with E-state index in [4.69, 9.17) is 0 Å². The van der Waals surface area contributed by atoms with Crippen LogP contribution in [0, 0.1) is 12.7 Å². The van der Waals surface area contributed by atoms with Gasteiger partial charge >= 0.3 is 0 Å². The summed E-state index contributed by atoms with van der Waals surface area (Å²) in [7, 11) is -3.93. The quantitative estimate of drug-likeness (QED) is 0.821. The van der Waals surface area contributed by atoms with Gasteiger partial charge in [0.25, 0.3) is 0 Å². The lowest BCUT2D eigenvalue weighted by Gasteiger charge is -2.08. The van der Waals surface area contributed by atoms with Crippen molar-refractivity contribution in [2.24, 2.45) is 0 Å². The van der Waals surface area contributed by atoms with Gasteiger partial charge in [-0.1, -0.05) is 17.7 Å². The summed E-state index contributed by atoms with van der Waals surface area (Å²) in [6, 6.07) is 11.8. The van der Waals surface area contributed by atoms with Gasteiger partial charge in [-0.25, -0.2) is 12.8 Å². The average Bonchev–Trinajstić information content (AvgIpc) is 2.50. The van der Waals surface area contributed by atoms with Crippen molar-refractivity contribution in [2.75, 3.05) is 22.1 Å². The highest BCUT2D eigenvalue weighted by molar-refractivity contribution is 7.92. The van der Waals surface area contributed by atoms with Gasteiger partial charge in [-0.2, -0.15) is 0 Å². The summed E-state index contributed by atoms with van der Waals surface area (Å²) in [5, 5.41) is 4.80. The van der Waals surface area contributed by atoms with E-state index >= 15 is 0 Å². The molecule has 0 aliphatic carbocycles. The molecule has 0 heterocycles. The Labute approximate surface area is 145 Å². The minimum absolute atomic E-state index is 0.269. The standard InChI is InChI=1S/C17H17FN2O4S/c1-12-2-6-14(7-3-12)19-16(21)10-25(23,24)11-17(22)20-15-8-4-13(18)5-9-15/h2-9H,10-11H2,1H3,(H,19,21)(H,20,22). The predicted octanol–water partition coefficient (Wildman–Crippen LogP) is 2.13. The third-order valence-corrected chi connectivity index (χ3v) is 4.57. The van der Waals surface area contributed by atoms with Crippen molar-refractivity contribution in [3.05, 3.63) is 59.9 Å². The van der Waals surface area contributed by atoms with Crippen LogP contribution >= 0.6 is 0 Å². The van der Waals surface area contributed by atoms with Crippen molar-refractivity contribution in [3.8, 4) is 0 Å². The summed E-state index contributed by atoms with van der Waals surface area (Å²) < 4.78 is 36.7. The van der Waals surface area contributed by atoms with Crippen molar-refractivity contribution in [2.45, 2.75) is 6.92 Å². The Kier molecular flexibility index (Phi) is 5.87. The molecule has 8 heteroatoms. The number of amides is 2. The van der Waals surface area contributed by atoms with Gasteiger partial charge in [0, 0.05) is 11.4 Å². The molecule has 0 saturated heterocycles. The third-order valence-electron chi connectivity index (χ3n) is 3.17. The number of anilines is 2. The van der Waals surface area contributed by atoms with Crippen LogP contribution in [0.4, 0.5) is 15.8 Å². The molecule has 2 rings (SSSR count).